The number of ether oxygens (including phenoxy) is 2. The van der Waals surface area contributed by atoms with E-state index in [2.05, 4.69) is 13.8 Å². The summed E-state index contributed by atoms with van der Waals surface area (Å²) in [6.07, 6.45) is 38.9. The minimum Gasteiger partial charge on any atom is -0.447 e. The van der Waals surface area contributed by atoms with E-state index >= 15 is 0 Å². The van der Waals surface area contributed by atoms with Crippen molar-refractivity contribution in [2.75, 3.05) is 13.2 Å². The Morgan fingerprint density at radius 3 is 0.804 bits per heavy atom. The minimum absolute atomic E-state index is 0.103. The van der Waals surface area contributed by atoms with Gasteiger partial charge in [0.1, 0.15) is 0 Å². The second kappa shape index (κ2) is 38.6. The van der Waals surface area contributed by atoms with Crippen molar-refractivity contribution in [3.05, 3.63) is 35.4 Å². The lowest BCUT2D eigenvalue weighted by molar-refractivity contribution is 0.0199. The third kappa shape index (κ3) is 31.9. The van der Waals surface area contributed by atoms with Crippen LogP contribution in [0, 0.1) is 0 Å². The largest absolute Gasteiger partial charge is 0.447 e. The first-order chi connectivity index (χ1) is 27.5. The van der Waals surface area contributed by atoms with Gasteiger partial charge in [-0.1, -0.05) is 206 Å². The zero-order valence-electron chi connectivity index (χ0n) is 35.6. The number of hydrogen-bond acceptors (Lipinski definition) is 8. The molecule has 0 saturated heterocycles. The van der Waals surface area contributed by atoms with E-state index in [1.807, 2.05) is 11.0 Å². The molecule has 0 aliphatic heterocycles. The Balaban J connectivity index is 1.97. The van der Waals surface area contributed by atoms with Crippen molar-refractivity contribution >= 4 is 24.1 Å². The van der Waals surface area contributed by atoms with Crippen LogP contribution in [0.4, 0.5) is 9.59 Å². The predicted molar refractivity (Wildman–Crippen MR) is 225 cm³/mol. The molecule has 322 valence electrons. The normalized spacial score (nSPS) is 10.9. The van der Waals surface area contributed by atoms with Gasteiger partial charge < -0.3 is 19.1 Å². The molecule has 10 nitrogen and oxygen atoms in total. The quantitative estimate of drug-likeness (QED) is 0.0390. The summed E-state index contributed by atoms with van der Waals surface area (Å²) < 4.78 is 10.2. The highest BCUT2D eigenvalue weighted by Gasteiger charge is 2.14. The lowest BCUT2D eigenvalue weighted by atomic mass is 10.0. The van der Waals surface area contributed by atoms with Gasteiger partial charge in [-0.2, -0.15) is 0 Å². The Hall–Kier alpha value is -3.30. The van der Waals surface area contributed by atoms with Crippen molar-refractivity contribution < 1.29 is 38.3 Å². The van der Waals surface area contributed by atoms with Crippen LogP contribution in [0.5, 0.6) is 0 Å². The molecule has 1 aromatic carbocycles. The average molecular weight is 789 g/mol. The topological polar surface area (TPSA) is 129 Å². The molecule has 10 heteroatoms. The fourth-order valence-corrected chi connectivity index (χ4v) is 6.73. The highest BCUT2D eigenvalue weighted by molar-refractivity contribution is 5.93. The molecule has 56 heavy (non-hydrogen) atoms. The predicted octanol–water partition coefficient (Wildman–Crippen LogP) is 13.8. The third-order valence-corrected chi connectivity index (χ3v) is 10.3. The zero-order chi connectivity index (χ0) is 40.6. The molecule has 1 aromatic rings. The van der Waals surface area contributed by atoms with Gasteiger partial charge in [-0.05, 0) is 37.1 Å². The number of amides is 2. The molecule has 1 rings (SSSR count). The summed E-state index contributed by atoms with van der Waals surface area (Å²) in [4.78, 5) is 58.0. The van der Waals surface area contributed by atoms with E-state index in [-0.39, 0.29) is 24.3 Å². The molecule has 0 aromatic heterocycles. The maximum Gasteiger partial charge on any atom is 0.440 e. The van der Waals surface area contributed by atoms with Crippen LogP contribution < -0.4 is 11.0 Å². The number of rotatable bonds is 36. The Labute approximate surface area is 340 Å². The molecule has 0 bridgehead atoms. The molecule has 0 saturated carbocycles. The van der Waals surface area contributed by atoms with Gasteiger partial charge >= 0.3 is 24.1 Å². The lowest BCUT2D eigenvalue weighted by Gasteiger charge is -2.08. The standard InChI is InChI=1S/C46H80N2O8/c1-3-5-7-9-11-13-15-17-19-21-23-25-27-29-31-33-39-53-45(51)47-55-43(49)41-35-37-42(38-36-41)44(50)56-48-46(52)54-40-34-32-30-28-26-24-22-20-18-16-14-12-10-8-6-4-2/h35-38H,3-34,39-40H2,1-2H3,(H,47,51)(H,48,52). The summed E-state index contributed by atoms with van der Waals surface area (Å²) in [5.41, 5.74) is 4.19. The molecule has 0 fully saturated rings. The van der Waals surface area contributed by atoms with E-state index in [4.69, 9.17) is 19.1 Å². The van der Waals surface area contributed by atoms with Crippen LogP contribution in [-0.4, -0.2) is 37.3 Å². The number of carbonyl (C=O) groups is 4. The van der Waals surface area contributed by atoms with Crippen LogP contribution in [0.15, 0.2) is 24.3 Å². The van der Waals surface area contributed by atoms with Gasteiger partial charge in [-0.15, -0.1) is 11.0 Å². The van der Waals surface area contributed by atoms with E-state index in [0.717, 1.165) is 38.5 Å². The van der Waals surface area contributed by atoms with Crippen molar-refractivity contribution in [3.63, 3.8) is 0 Å². The minimum atomic E-state index is -0.840. The van der Waals surface area contributed by atoms with Gasteiger partial charge in [-0.3, -0.25) is 0 Å². The van der Waals surface area contributed by atoms with E-state index < -0.39 is 24.1 Å². The average Bonchev–Trinajstić information content (AvgIpc) is 3.21. The van der Waals surface area contributed by atoms with Crippen molar-refractivity contribution in [1.82, 2.24) is 11.0 Å². The Morgan fingerprint density at radius 2 is 0.571 bits per heavy atom. The SMILES string of the molecule is CCCCCCCCCCCCCCCCCCOC(=O)NOC(=O)c1ccc(C(=O)ONC(=O)OCCCCCCCCCCCCCCCCCC)cc1. The molecule has 0 radical (unpaired) electrons. The number of unbranched alkanes of at least 4 members (excludes halogenated alkanes) is 30. The van der Waals surface area contributed by atoms with Crippen LogP contribution in [0.2, 0.25) is 0 Å². The summed E-state index contributed by atoms with van der Waals surface area (Å²) in [5.74, 6) is -1.64. The molecule has 2 amide bonds. The maximum atomic E-state index is 12.3. The van der Waals surface area contributed by atoms with Crippen LogP contribution >= 0.6 is 0 Å². The van der Waals surface area contributed by atoms with Crippen molar-refractivity contribution in [2.45, 2.75) is 219 Å². The van der Waals surface area contributed by atoms with Crippen molar-refractivity contribution in [2.24, 2.45) is 0 Å². The first-order valence-electron chi connectivity index (χ1n) is 22.9. The van der Waals surface area contributed by atoms with Gasteiger partial charge in [0.05, 0.1) is 24.3 Å². The Bertz CT molecular complexity index is 1010. The first kappa shape index (κ1) is 50.7. The fraction of sp³-hybridized carbons (Fsp3) is 0.783. The van der Waals surface area contributed by atoms with E-state index in [0.29, 0.717) is 0 Å². The number of carbonyl (C=O) groups excluding carboxylic acids is 4. The number of nitrogens with one attached hydrogen (secondary N) is 2. The van der Waals surface area contributed by atoms with Gasteiger partial charge in [0.25, 0.3) is 0 Å². The maximum absolute atomic E-state index is 12.3. The summed E-state index contributed by atoms with van der Waals surface area (Å²) in [5, 5.41) is 0. The second-order valence-corrected chi connectivity index (χ2v) is 15.4. The highest BCUT2D eigenvalue weighted by atomic mass is 16.7. The number of hydrogen-bond donors (Lipinski definition) is 2. The molecule has 0 spiro atoms. The second-order valence-electron chi connectivity index (χ2n) is 15.4. The molecule has 0 aliphatic rings. The molecular weight excluding hydrogens is 709 g/mol. The summed E-state index contributed by atoms with van der Waals surface area (Å²) in [7, 11) is 0. The van der Waals surface area contributed by atoms with Crippen LogP contribution in [0.3, 0.4) is 0 Å². The number of hydroxylamine groups is 2. The van der Waals surface area contributed by atoms with Crippen LogP contribution in [-0.2, 0) is 19.1 Å². The Morgan fingerprint density at radius 1 is 0.357 bits per heavy atom. The van der Waals surface area contributed by atoms with Crippen LogP contribution in [0.25, 0.3) is 0 Å². The fourth-order valence-electron chi connectivity index (χ4n) is 6.73. The molecule has 0 unspecified atom stereocenters. The molecule has 0 aliphatic carbocycles. The van der Waals surface area contributed by atoms with Gasteiger partial charge in [0.2, 0.25) is 0 Å². The summed E-state index contributed by atoms with van der Waals surface area (Å²) >= 11 is 0. The molecular formula is C46H80N2O8. The van der Waals surface area contributed by atoms with E-state index in [9.17, 15) is 19.2 Å². The first-order valence-corrected chi connectivity index (χ1v) is 22.9. The third-order valence-electron chi connectivity index (χ3n) is 10.3. The summed E-state index contributed by atoms with van der Waals surface area (Å²) in [6.45, 7) is 5.02. The summed E-state index contributed by atoms with van der Waals surface area (Å²) in [6, 6.07) is 5.38. The Kier molecular flexibility index (Phi) is 34.9. The van der Waals surface area contributed by atoms with Gasteiger partial charge in [0, 0.05) is 0 Å². The smallest absolute Gasteiger partial charge is 0.440 e. The van der Waals surface area contributed by atoms with Crippen molar-refractivity contribution in [3.8, 4) is 0 Å². The van der Waals surface area contributed by atoms with Gasteiger partial charge in [-0.25, -0.2) is 19.2 Å². The lowest BCUT2D eigenvalue weighted by Crippen LogP contribution is -2.28. The van der Waals surface area contributed by atoms with Gasteiger partial charge in [0.15, 0.2) is 0 Å². The molecule has 0 heterocycles. The highest BCUT2D eigenvalue weighted by Crippen LogP contribution is 2.15. The molecule has 2 N–H and O–H groups in total. The molecule has 0 atom stereocenters. The van der Waals surface area contributed by atoms with E-state index in [1.165, 1.54) is 191 Å². The zero-order valence-corrected chi connectivity index (χ0v) is 35.6. The van der Waals surface area contributed by atoms with E-state index in [1.54, 1.807) is 0 Å². The van der Waals surface area contributed by atoms with Crippen molar-refractivity contribution in [1.29, 1.82) is 0 Å². The van der Waals surface area contributed by atoms with Crippen LogP contribution in [0.1, 0.15) is 240 Å². The monoisotopic (exact) mass is 789 g/mol. The number of benzene rings is 1.